The van der Waals surface area contributed by atoms with E-state index in [0.29, 0.717) is 0 Å². The molecular weight excluding hydrogens is 375 g/mol. The molecule has 0 aliphatic carbocycles. The Morgan fingerprint density at radius 3 is 2.22 bits per heavy atom. The average Bonchev–Trinajstić information content (AvgIpc) is 2.60. The van der Waals surface area contributed by atoms with E-state index in [4.69, 9.17) is 0 Å². The van der Waals surface area contributed by atoms with Gasteiger partial charge in [-0.3, -0.25) is 14.3 Å². The highest BCUT2D eigenvalue weighted by Crippen LogP contribution is 2.27. The Morgan fingerprint density at radius 1 is 1.00 bits per heavy atom. The van der Waals surface area contributed by atoms with Crippen LogP contribution < -0.4 is 10.6 Å². The molecule has 0 saturated heterocycles. The van der Waals surface area contributed by atoms with Crippen molar-refractivity contribution in [3.63, 3.8) is 0 Å². The highest BCUT2D eigenvalue weighted by Gasteiger charge is 2.35. The Morgan fingerprint density at radius 2 is 1.63 bits per heavy atom. The summed E-state index contributed by atoms with van der Waals surface area (Å²) in [5.74, 6) is -4.71. The molecular formula is C17H13F5N2O3. The maximum Gasteiger partial charge on any atom is 0.523 e. The monoisotopic (exact) mass is 388 g/mol. The van der Waals surface area contributed by atoms with Crippen LogP contribution in [0.4, 0.5) is 33.3 Å². The average molecular weight is 388 g/mol. The minimum atomic E-state index is -5.10. The van der Waals surface area contributed by atoms with E-state index in [1.807, 2.05) is 0 Å². The second-order valence-electron chi connectivity index (χ2n) is 5.30. The van der Waals surface area contributed by atoms with E-state index in [9.17, 15) is 31.5 Å². The van der Waals surface area contributed by atoms with Crippen molar-refractivity contribution >= 4 is 23.2 Å². The number of ether oxygens (including phenoxy) is 1. The van der Waals surface area contributed by atoms with Crippen LogP contribution in [0.1, 0.15) is 17.3 Å². The van der Waals surface area contributed by atoms with Crippen LogP contribution in [0.3, 0.4) is 0 Å². The highest BCUT2D eigenvalue weighted by atomic mass is 19.4. The van der Waals surface area contributed by atoms with Gasteiger partial charge in [-0.2, -0.15) is 0 Å². The van der Waals surface area contributed by atoms with Crippen LogP contribution >= 0.6 is 0 Å². The second kappa shape index (κ2) is 8.12. The van der Waals surface area contributed by atoms with E-state index >= 15 is 0 Å². The molecule has 144 valence electrons. The molecule has 0 heterocycles. The van der Waals surface area contributed by atoms with Gasteiger partial charge in [-0.05, 0) is 31.2 Å². The van der Waals surface area contributed by atoms with Gasteiger partial charge in [0.15, 0.2) is 5.82 Å². The number of amides is 2. The molecule has 1 unspecified atom stereocenters. The Kier molecular flexibility index (Phi) is 6.11. The lowest BCUT2D eigenvalue weighted by atomic mass is 10.2. The number of nitrogens with one attached hydrogen (secondary N) is 2. The van der Waals surface area contributed by atoms with Crippen LogP contribution in [0.2, 0.25) is 0 Å². The number of hydrogen-bond donors (Lipinski definition) is 2. The van der Waals surface area contributed by atoms with Gasteiger partial charge in [0.25, 0.3) is 11.8 Å². The maximum absolute atomic E-state index is 14.4. The molecule has 10 heteroatoms. The minimum Gasteiger partial charge on any atom is -0.319 e. The summed E-state index contributed by atoms with van der Waals surface area (Å²) in [7, 11) is 0. The summed E-state index contributed by atoms with van der Waals surface area (Å²) in [6.45, 7) is 0.764. The molecule has 0 bridgehead atoms. The third kappa shape index (κ3) is 5.48. The van der Waals surface area contributed by atoms with Gasteiger partial charge in [-0.25, -0.2) is 8.78 Å². The SMILES string of the molecule is CC(OC(F)(F)F)C(=O)Nc1c(F)ccc(NC(=O)c2ccccc2)c1F. The number of benzene rings is 2. The van der Waals surface area contributed by atoms with Crippen LogP contribution in [0.25, 0.3) is 0 Å². The van der Waals surface area contributed by atoms with Gasteiger partial charge in [0.2, 0.25) is 0 Å². The molecule has 2 rings (SSSR count). The lowest BCUT2D eigenvalue weighted by Crippen LogP contribution is -2.33. The first kappa shape index (κ1) is 20.3. The van der Waals surface area contributed by atoms with Crippen LogP contribution in [-0.2, 0) is 9.53 Å². The van der Waals surface area contributed by atoms with Crippen molar-refractivity contribution in [1.29, 1.82) is 0 Å². The molecule has 2 aromatic rings. The fourth-order valence-electron chi connectivity index (χ4n) is 2.03. The smallest absolute Gasteiger partial charge is 0.319 e. The fourth-order valence-corrected chi connectivity index (χ4v) is 2.03. The number of rotatable bonds is 5. The van der Waals surface area contributed by atoms with Gasteiger partial charge in [-0.15, -0.1) is 13.2 Å². The van der Waals surface area contributed by atoms with E-state index in [0.717, 1.165) is 19.1 Å². The Balaban J connectivity index is 2.20. The Labute approximate surface area is 150 Å². The largest absolute Gasteiger partial charge is 0.523 e. The van der Waals surface area contributed by atoms with E-state index in [1.165, 1.54) is 12.1 Å². The van der Waals surface area contributed by atoms with Gasteiger partial charge in [0, 0.05) is 5.56 Å². The van der Waals surface area contributed by atoms with Crippen molar-refractivity contribution < 1.29 is 36.3 Å². The molecule has 0 aliphatic heterocycles. The van der Waals surface area contributed by atoms with E-state index in [-0.39, 0.29) is 5.56 Å². The standard InChI is InChI=1S/C17H13F5N2O3/c1-9(27-17(20,21)22)15(25)24-14-11(18)7-8-12(13(14)19)23-16(26)10-5-3-2-4-6-10/h2-9H,1H3,(H,23,26)(H,24,25). The first-order valence-corrected chi connectivity index (χ1v) is 7.48. The van der Waals surface area contributed by atoms with Crippen molar-refractivity contribution in [2.75, 3.05) is 10.6 Å². The fraction of sp³-hybridized carbons (Fsp3) is 0.176. The molecule has 0 aliphatic rings. The number of carbonyl (C=O) groups is 2. The van der Waals surface area contributed by atoms with Crippen LogP contribution in [0.5, 0.6) is 0 Å². The summed E-state index contributed by atoms with van der Waals surface area (Å²) in [5, 5.41) is 3.88. The minimum absolute atomic E-state index is 0.194. The summed E-state index contributed by atoms with van der Waals surface area (Å²) in [4.78, 5) is 23.7. The van der Waals surface area contributed by atoms with Crippen molar-refractivity contribution in [2.45, 2.75) is 19.4 Å². The van der Waals surface area contributed by atoms with E-state index < -0.39 is 47.3 Å². The second-order valence-corrected chi connectivity index (χ2v) is 5.30. The maximum atomic E-state index is 14.4. The molecule has 0 aromatic heterocycles. The molecule has 27 heavy (non-hydrogen) atoms. The molecule has 1 atom stereocenters. The van der Waals surface area contributed by atoms with Crippen molar-refractivity contribution in [1.82, 2.24) is 0 Å². The van der Waals surface area contributed by atoms with Crippen LogP contribution in [0, 0.1) is 11.6 Å². The predicted octanol–water partition coefficient (Wildman–Crippen LogP) is 4.08. The van der Waals surface area contributed by atoms with Crippen LogP contribution in [-0.4, -0.2) is 24.3 Å². The number of anilines is 2. The molecule has 0 radical (unpaired) electrons. The molecule has 0 saturated carbocycles. The topological polar surface area (TPSA) is 67.4 Å². The zero-order chi connectivity index (χ0) is 20.2. The molecule has 0 spiro atoms. The number of hydrogen-bond acceptors (Lipinski definition) is 3. The quantitative estimate of drug-likeness (QED) is 0.759. The van der Waals surface area contributed by atoms with Gasteiger partial charge >= 0.3 is 6.36 Å². The summed E-state index contributed by atoms with van der Waals surface area (Å²) in [6.07, 6.45) is -7.15. The molecule has 2 amide bonds. The van der Waals surface area contributed by atoms with Crippen molar-refractivity contribution in [3.8, 4) is 0 Å². The van der Waals surface area contributed by atoms with Crippen molar-refractivity contribution in [2.24, 2.45) is 0 Å². The Hall–Kier alpha value is -3.01. The zero-order valence-electron chi connectivity index (χ0n) is 13.7. The summed E-state index contributed by atoms with van der Waals surface area (Å²) < 4.78 is 68.1. The van der Waals surface area contributed by atoms with Crippen LogP contribution in [0.15, 0.2) is 42.5 Å². The van der Waals surface area contributed by atoms with Gasteiger partial charge in [-0.1, -0.05) is 18.2 Å². The number of alkyl halides is 3. The van der Waals surface area contributed by atoms with E-state index in [1.54, 1.807) is 23.5 Å². The summed E-state index contributed by atoms with van der Waals surface area (Å²) in [6, 6.07) is 9.37. The van der Waals surface area contributed by atoms with Gasteiger partial charge < -0.3 is 10.6 Å². The first-order chi connectivity index (χ1) is 12.6. The third-order valence-corrected chi connectivity index (χ3v) is 3.30. The van der Waals surface area contributed by atoms with Crippen molar-refractivity contribution in [3.05, 3.63) is 59.7 Å². The third-order valence-electron chi connectivity index (χ3n) is 3.30. The molecule has 2 N–H and O–H groups in total. The van der Waals surface area contributed by atoms with Gasteiger partial charge in [0.1, 0.15) is 17.6 Å². The zero-order valence-corrected chi connectivity index (χ0v) is 13.7. The molecule has 2 aromatic carbocycles. The molecule has 0 fully saturated rings. The normalized spacial score (nSPS) is 12.4. The Bertz CT molecular complexity index is 840. The highest BCUT2D eigenvalue weighted by molar-refractivity contribution is 6.05. The van der Waals surface area contributed by atoms with Gasteiger partial charge in [0.05, 0.1) is 5.69 Å². The number of carbonyl (C=O) groups excluding carboxylic acids is 2. The summed E-state index contributed by atoms with van der Waals surface area (Å²) in [5.41, 5.74) is -1.28. The molecule has 5 nitrogen and oxygen atoms in total. The first-order valence-electron chi connectivity index (χ1n) is 7.48. The van der Waals surface area contributed by atoms with E-state index in [2.05, 4.69) is 10.1 Å². The summed E-state index contributed by atoms with van der Waals surface area (Å²) >= 11 is 0. The number of halogens is 5. The lowest BCUT2D eigenvalue weighted by molar-refractivity contribution is -0.335. The predicted molar refractivity (Wildman–Crippen MR) is 86.0 cm³/mol. The lowest BCUT2D eigenvalue weighted by Gasteiger charge is -2.16.